The molecular formula is C36H56O11. The zero-order chi connectivity index (χ0) is 34.7. The topological polar surface area (TPSA) is 194 Å². The van der Waals surface area contributed by atoms with E-state index in [4.69, 9.17) is 9.47 Å². The maximum atomic E-state index is 14.5. The number of hydrogen-bond donors (Lipinski definition) is 7. The second-order valence-corrected chi connectivity index (χ2v) is 17.3. The first-order valence-electron chi connectivity index (χ1n) is 17.6. The summed E-state index contributed by atoms with van der Waals surface area (Å²) < 4.78 is 11.4. The van der Waals surface area contributed by atoms with Crippen LogP contribution in [0.5, 0.6) is 0 Å². The first-order valence-corrected chi connectivity index (χ1v) is 17.6. The molecule has 0 aromatic heterocycles. The minimum absolute atomic E-state index is 0.126. The van der Waals surface area contributed by atoms with Gasteiger partial charge in [0.2, 0.25) is 6.29 Å². The molecule has 6 aliphatic rings. The molecule has 1 aliphatic heterocycles. The lowest BCUT2D eigenvalue weighted by molar-refractivity contribution is -0.299. The molecule has 0 aromatic carbocycles. The van der Waals surface area contributed by atoms with Gasteiger partial charge in [-0.3, -0.25) is 9.59 Å². The first kappa shape index (κ1) is 35.2. The summed E-state index contributed by atoms with van der Waals surface area (Å²) in [6.07, 6.45) is -1.18. The number of hydrogen-bond acceptors (Lipinski definition) is 10. The van der Waals surface area contributed by atoms with Gasteiger partial charge in [-0.2, -0.15) is 0 Å². The van der Waals surface area contributed by atoms with Gasteiger partial charge >= 0.3 is 11.9 Å². The van der Waals surface area contributed by atoms with Gasteiger partial charge in [0, 0.05) is 5.92 Å². The zero-order valence-electron chi connectivity index (χ0n) is 28.7. The number of carbonyl (C=O) groups excluding carboxylic acids is 1. The summed E-state index contributed by atoms with van der Waals surface area (Å²) in [5, 5.41) is 74.8. The third-order valence-corrected chi connectivity index (χ3v) is 15.6. The normalized spacial score (nSPS) is 55.8. The van der Waals surface area contributed by atoms with E-state index in [1.54, 1.807) is 13.8 Å². The van der Waals surface area contributed by atoms with Gasteiger partial charge in [-0.15, -0.1) is 0 Å². The van der Waals surface area contributed by atoms with Gasteiger partial charge < -0.3 is 45.2 Å². The summed E-state index contributed by atoms with van der Waals surface area (Å²) in [5.74, 6) is -2.37. The number of ether oxygens (including phenoxy) is 2. The van der Waals surface area contributed by atoms with Crippen LogP contribution in [0.1, 0.15) is 99.3 Å². The van der Waals surface area contributed by atoms with E-state index in [1.165, 1.54) is 0 Å². The summed E-state index contributed by atoms with van der Waals surface area (Å²) in [4.78, 5) is 27.2. The average molecular weight is 665 g/mol. The van der Waals surface area contributed by atoms with E-state index in [2.05, 4.69) is 26.8 Å². The predicted molar refractivity (Wildman–Crippen MR) is 168 cm³/mol. The third kappa shape index (κ3) is 4.49. The van der Waals surface area contributed by atoms with Gasteiger partial charge in [-0.25, -0.2) is 0 Å². The number of esters is 1. The Morgan fingerprint density at radius 1 is 0.894 bits per heavy atom. The van der Waals surface area contributed by atoms with Crippen molar-refractivity contribution in [1.82, 2.24) is 0 Å². The molecule has 1 heterocycles. The number of fused-ring (bicyclic) bond motifs is 7. The highest BCUT2D eigenvalue weighted by Crippen LogP contribution is 2.76. The minimum atomic E-state index is -1.72. The number of carboxylic acid groups (broad SMARTS) is 1. The zero-order valence-corrected chi connectivity index (χ0v) is 28.7. The number of aliphatic hydroxyl groups excluding tert-OH is 5. The molecule has 266 valence electrons. The Hall–Kier alpha value is -1.60. The molecule has 0 unspecified atom stereocenters. The molecule has 0 aromatic rings. The molecule has 5 fully saturated rings. The van der Waals surface area contributed by atoms with Crippen molar-refractivity contribution < 1.29 is 54.8 Å². The number of carboxylic acids is 1. The Morgan fingerprint density at radius 2 is 1.57 bits per heavy atom. The van der Waals surface area contributed by atoms with Crippen LogP contribution >= 0.6 is 0 Å². The van der Waals surface area contributed by atoms with Crippen molar-refractivity contribution in [3.63, 3.8) is 0 Å². The lowest BCUT2D eigenvalue weighted by atomic mass is 9.33. The maximum absolute atomic E-state index is 14.5. The fourth-order valence-corrected chi connectivity index (χ4v) is 12.2. The quantitative estimate of drug-likeness (QED) is 0.172. The number of aliphatic carboxylic acids is 1. The standard InChI is InChI=1S/C36H56O11/c1-18-9-14-36(30(44)47-28-26(41)25(40)24(39)20(17-37)46-28)16-15-32(3)19(27(36)35(18,6)45)7-8-21-31(2)12-11-23(38)34(5,29(42)43)22(31)10-13-33(21,32)4/h7,18,20-28,37-41,45H,8-17H2,1-6H3,(H,42,43)/t18-,20+,21-,22+,23+,24-,25-,26-,27-,28-,31-,32-,33-,34-,35-,36+/m1/s1. The molecule has 16 atom stereocenters. The van der Waals surface area contributed by atoms with Crippen molar-refractivity contribution >= 4 is 11.9 Å². The maximum Gasteiger partial charge on any atom is 0.315 e. The molecular weight excluding hydrogens is 608 g/mol. The van der Waals surface area contributed by atoms with Gasteiger partial charge in [0.1, 0.15) is 24.4 Å². The summed E-state index contributed by atoms with van der Waals surface area (Å²) >= 11 is 0. The van der Waals surface area contributed by atoms with Gasteiger partial charge in [-0.1, -0.05) is 39.3 Å². The summed E-state index contributed by atoms with van der Waals surface area (Å²) in [6.45, 7) is 11.7. The third-order valence-electron chi connectivity index (χ3n) is 15.6. The van der Waals surface area contributed by atoms with Gasteiger partial charge in [0.05, 0.1) is 29.1 Å². The van der Waals surface area contributed by atoms with E-state index in [0.717, 1.165) is 18.4 Å². The van der Waals surface area contributed by atoms with Gasteiger partial charge in [-0.05, 0) is 106 Å². The monoisotopic (exact) mass is 664 g/mol. The second-order valence-electron chi connectivity index (χ2n) is 17.3. The first-order chi connectivity index (χ1) is 21.8. The van der Waals surface area contributed by atoms with E-state index in [1.807, 2.05) is 6.92 Å². The van der Waals surface area contributed by atoms with E-state index in [9.17, 15) is 45.3 Å². The van der Waals surface area contributed by atoms with E-state index >= 15 is 0 Å². The minimum Gasteiger partial charge on any atom is -0.481 e. The molecule has 1 saturated heterocycles. The smallest absolute Gasteiger partial charge is 0.315 e. The molecule has 11 nitrogen and oxygen atoms in total. The molecule has 0 amide bonds. The van der Waals surface area contributed by atoms with Gasteiger partial charge in [0.15, 0.2) is 0 Å². The van der Waals surface area contributed by atoms with E-state index in [-0.39, 0.29) is 28.6 Å². The summed E-state index contributed by atoms with van der Waals surface area (Å²) in [6, 6.07) is 0. The molecule has 0 spiro atoms. The molecule has 5 aliphatic carbocycles. The highest BCUT2D eigenvalue weighted by atomic mass is 16.7. The van der Waals surface area contributed by atoms with Crippen LogP contribution in [0.2, 0.25) is 0 Å². The fourth-order valence-electron chi connectivity index (χ4n) is 12.2. The lowest BCUT2D eigenvalue weighted by Gasteiger charge is -2.71. The van der Waals surface area contributed by atoms with Crippen molar-refractivity contribution in [3.05, 3.63) is 11.6 Å². The highest BCUT2D eigenvalue weighted by molar-refractivity contribution is 5.79. The van der Waals surface area contributed by atoms with Crippen LogP contribution < -0.4 is 0 Å². The van der Waals surface area contributed by atoms with Gasteiger partial charge in [0.25, 0.3) is 0 Å². The number of aliphatic hydroxyl groups is 6. The Morgan fingerprint density at radius 3 is 2.21 bits per heavy atom. The van der Waals surface area contributed by atoms with Crippen LogP contribution in [0.3, 0.4) is 0 Å². The highest BCUT2D eigenvalue weighted by Gasteiger charge is 2.72. The molecule has 4 saturated carbocycles. The van der Waals surface area contributed by atoms with Crippen molar-refractivity contribution in [2.75, 3.05) is 6.61 Å². The van der Waals surface area contributed by atoms with Crippen molar-refractivity contribution in [3.8, 4) is 0 Å². The molecule has 11 heteroatoms. The lowest BCUT2D eigenvalue weighted by Crippen LogP contribution is -2.69. The SMILES string of the molecule is C[C@@H]1CC[C@]2(C(=O)O[C@H]3O[C@@H](CO)[C@@H](O)[C@@H](O)[C@H]3O)CC[C@]3(C)C(=CC[C@@H]4[C@@]5(C)CC[C@H](O)[C@](C)(C(=O)O)[C@H]5CC[C@]43C)[C@@H]2[C@]1(C)O. The van der Waals surface area contributed by atoms with Crippen molar-refractivity contribution in [2.24, 2.45) is 50.7 Å². The Labute approximate surface area is 277 Å². The summed E-state index contributed by atoms with van der Waals surface area (Å²) in [5.41, 5.74) is -3.64. The molecule has 47 heavy (non-hydrogen) atoms. The second kappa shape index (κ2) is 11.2. The van der Waals surface area contributed by atoms with Crippen LogP contribution in [-0.4, -0.2) is 96.7 Å². The molecule has 0 radical (unpaired) electrons. The Kier molecular flexibility index (Phi) is 8.40. The van der Waals surface area contributed by atoms with Crippen LogP contribution in [-0.2, 0) is 19.1 Å². The number of allylic oxidation sites excluding steroid dienone is 1. The van der Waals surface area contributed by atoms with Crippen molar-refractivity contribution in [2.45, 2.75) is 142 Å². The largest absolute Gasteiger partial charge is 0.481 e. The molecule has 6 rings (SSSR count). The van der Waals surface area contributed by atoms with E-state index in [0.29, 0.717) is 44.9 Å². The molecule has 0 bridgehead atoms. The van der Waals surface area contributed by atoms with Crippen LogP contribution in [0.25, 0.3) is 0 Å². The average Bonchev–Trinajstić information content (AvgIpc) is 3.01. The number of rotatable bonds is 4. The predicted octanol–water partition coefficient (Wildman–Crippen LogP) is 2.53. The Bertz CT molecular complexity index is 1310. The van der Waals surface area contributed by atoms with Crippen LogP contribution in [0, 0.1) is 50.7 Å². The van der Waals surface area contributed by atoms with Crippen molar-refractivity contribution in [1.29, 1.82) is 0 Å². The summed E-state index contributed by atoms with van der Waals surface area (Å²) in [7, 11) is 0. The van der Waals surface area contributed by atoms with E-state index < -0.39 is 83.1 Å². The number of carbonyl (C=O) groups is 2. The molecule has 7 N–H and O–H groups in total. The Balaban J connectivity index is 1.39. The fraction of sp³-hybridized carbons (Fsp3) is 0.889. The van der Waals surface area contributed by atoms with Crippen LogP contribution in [0.15, 0.2) is 11.6 Å². The van der Waals surface area contributed by atoms with Crippen LogP contribution in [0.4, 0.5) is 0 Å².